The summed E-state index contributed by atoms with van der Waals surface area (Å²) >= 11 is 3.31. The van der Waals surface area contributed by atoms with Crippen LogP contribution in [0.25, 0.3) is 0 Å². The summed E-state index contributed by atoms with van der Waals surface area (Å²) in [6, 6.07) is 10.2. The van der Waals surface area contributed by atoms with Crippen molar-refractivity contribution in [2.24, 2.45) is 0 Å². The van der Waals surface area contributed by atoms with E-state index in [4.69, 9.17) is 0 Å². The second-order valence-corrected chi connectivity index (χ2v) is 5.44. The van der Waals surface area contributed by atoms with Crippen LogP contribution in [-0.4, -0.2) is 0 Å². The van der Waals surface area contributed by atoms with Crippen molar-refractivity contribution >= 4 is 15.9 Å². The summed E-state index contributed by atoms with van der Waals surface area (Å²) in [5.41, 5.74) is 0.0423. The molecule has 0 aliphatic heterocycles. The molecule has 1 N–H and O–H groups in total. The monoisotopic (exact) mass is 361 g/mol. The molecule has 0 bridgehead atoms. The average Bonchev–Trinajstić information content (AvgIpc) is 2.41. The van der Waals surface area contributed by atoms with Crippen LogP contribution in [0, 0.1) is 5.82 Å². The Balaban J connectivity index is 2.05. The van der Waals surface area contributed by atoms with E-state index in [1.54, 1.807) is 0 Å². The number of nitrogens with one attached hydrogen (secondary N) is 1. The molecule has 0 aliphatic carbocycles. The molecule has 0 fully saturated rings. The maximum atomic E-state index is 13.0. The maximum Gasteiger partial charge on any atom is 0.416 e. The van der Waals surface area contributed by atoms with Crippen LogP contribution in [-0.2, 0) is 19.3 Å². The zero-order valence-corrected chi connectivity index (χ0v) is 12.4. The van der Waals surface area contributed by atoms with Crippen molar-refractivity contribution in [3.63, 3.8) is 0 Å². The SMILES string of the molecule is Fc1ccc(CNCc2ccc(Br)cc2)c(C(F)(F)F)c1. The van der Waals surface area contributed by atoms with Crippen LogP contribution in [0.2, 0.25) is 0 Å². The molecule has 6 heteroatoms. The second-order valence-electron chi connectivity index (χ2n) is 4.53. The highest BCUT2D eigenvalue weighted by molar-refractivity contribution is 9.10. The van der Waals surface area contributed by atoms with Gasteiger partial charge in [0.25, 0.3) is 0 Å². The van der Waals surface area contributed by atoms with Gasteiger partial charge in [-0.25, -0.2) is 4.39 Å². The second kappa shape index (κ2) is 6.58. The van der Waals surface area contributed by atoms with E-state index in [9.17, 15) is 17.6 Å². The van der Waals surface area contributed by atoms with Crippen molar-refractivity contribution in [2.75, 3.05) is 0 Å². The molecule has 0 saturated carbocycles. The van der Waals surface area contributed by atoms with Crippen LogP contribution in [0.1, 0.15) is 16.7 Å². The molecule has 0 radical (unpaired) electrons. The highest BCUT2D eigenvalue weighted by atomic mass is 79.9. The summed E-state index contributed by atoms with van der Waals surface area (Å²) in [5.74, 6) is -0.890. The summed E-state index contributed by atoms with van der Waals surface area (Å²) < 4.78 is 52.4. The lowest BCUT2D eigenvalue weighted by atomic mass is 10.1. The Labute approximate surface area is 128 Å². The van der Waals surface area contributed by atoms with Gasteiger partial charge in [0.15, 0.2) is 0 Å². The predicted molar refractivity (Wildman–Crippen MR) is 76.1 cm³/mol. The molecular weight excluding hydrogens is 350 g/mol. The molecule has 0 heterocycles. The predicted octanol–water partition coefficient (Wildman–Crippen LogP) is 4.90. The van der Waals surface area contributed by atoms with Gasteiger partial charge in [-0.3, -0.25) is 0 Å². The largest absolute Gasteiger partial charge is 0.416 e. The summed E-state index contributed by atoms with van der Waals surface area (Å²) in [5, 5.41) is 2.93. The molecule has 0 aromatic heterocycles. The molecule has 2 aromatic rings. The fourth-order valence-electron chi connectivity index (χ4n) is 1.91. The number of hydrogen-bond acceptors (Lipinski definition) is 1. The first kappa shape index (κ1) is 16.0. The molecule has 112 valence electrons. The zero-order chi connectivity index (χ0) is 15.5. The molecule has 2 rings (SSSR count). The molecule has 0 atom stereocenters. The summed E-state index contributed by atoms with van der Waals surface area (Å²) in [4.78, 5) is 0. The number of benzene rings is 2. The van der Waals surface area contributed by atoms with Gasteiger partial charge in [0, 0.05) is 17.6 Å². The third kappa shape index (κ3) is 4.54. The summed E-state index contributed by atoms with van der Waals surface area (Å²) in [6.45, 7) is 0.452. The first-order valence-electron chi connectivity index (χ1n) is 6.17. The quantitative estimate of drug-likeness (QED) is 0.764. The first-order valence-corrected chi connectivity index (χ1v) is 6.96. The Morgan fingerprint density at radius 3 is 2.24 bits per heavy atom. The lowest BCUT2D eigenvalue weighted by Gasteiger charge is -2.13. The third-order valence-corrected chi connectivity index (χ3v) is 3.46. The van der Waals surface area contributed by atoms with Crippen molar-refractivity contribution < 1.29 is 17.6 Å². The Kier molecular flexibility index (Phi) is 5.00. The molecule has 0 amide bonds. The van der Waals surface area contributed by atoms with E-state index in [-0.39, 0.29) is 12.1 Å². The first-order chi connectivity index (χ1) is 9.86. The van der Waals surface area contributed by atoms with E-state index in [1.807, 2.05) is 24.3 Å². The Bertz CT molecular complexity index is 608. The van der Waals surface area contributed by atoms with E-state index in [1.165, 1.54) is 0 Å². The van der Waals surface area contributed by atoms with Crippen LogP contribution >= 0.6 is 15.9 Å². The van der Waals surface area contributed by atoms with E-state index in [2.05, 4.69) is 21.2 Å². The van der Waals surface area contributed by atoms with Crippen molar-refractivity contribution in [3.8, 4) is 0 Å². The number of alkyl halides is 3. The zero-order valence-electron chi connectivity index (χ0n) is 10.8. The van der Waals surface area contributed by atoms with Crippen molar-refractivity contribution in [1.29, 1.82) is 0 Å². The average molecular weight is 362 g/mol. The van der Waals surface area contributed by atoms with Gasteiger partial charge in [-0.05, 0) is 35.4 Å². The van der Waals surface area contributed by atoms with Crippen molar-refractivity contribution in [1.82, 2.24) is 5.32 Å². The minimum absolute atomic E-state index is 0.0190. The van der Waals surface area contributed by atoms with Gasteiger partial charge < -0.3 is 5.32 Å². The minimum Gasteiger partial charge on any atom is -0.309 e. The number of rotatable bonds is 4. The van der Waals surface area contributed by atoms with E-state index in [0.29, 0.717) is 12.6 Å². The summed E-state index contributed by atoms with van der Waals surface area (Å²) in [6.07, 6.45) is -4.56. The number of halogens is 5. The smallest absolute Gasteiger partial charge is 0.309 e. The van der Waals surface area contributed by atoms with E-state index in [0.717, 1.165) is 22.2 Å². The topological polar surface area (TPSA) is 12.0 Å². The third-order valence-electron chi connectivity index (χ3n) is 2.94. The molecule has 0 saturated heterocycles. The van der Waals surface area contributed by atoms with E-state index < -0.39 is 17.6 Å². The molecule has 2 aromatic carbocycles. The van der Waals surface area contributed by atoms with Gasteiger partial charge in [-0.2, -0.15) is 13.2 Å². The molecule has 1 nitrogen and oxygen atoms in total. The number of hydrogen-bond donors (Lipinski definition) is 1. The fraction of sp³-hybridized carbons (Fsp3) is 0.200. The van der Waals surface area contributed by atoms with Gasteiger partial charge in [-0.15, -0.1) is 0 Å². The molecule has 21 heavy (non-hydrogen) atoms. The van der Waals surface area contributed by atoms with Crippen LogP contribution in [0.3, 0.4) is 0 Å². The van der Waals surface area contributed by atoms with E-state index >= 15 is 0 Å². The van der Waals surface area contributed by atoms with Crippen LogP contribution < -0.4 is 5.32 Å². The lowest BCUT2D eigenvalue weighted by molar-refractivity contribution is -0.138. The van der Waals surface area contributed by atoms with Crippen molar-refractivity contribution in [2.45, 2.75) is 19.3 Å². The normalized spacial score (nSPS) is 11.7. The maximum absolute atomic E-state index is 13.0. The summed E-state index contributed by atoms with van der Waals surface area (Å²) in [7, 11) is 0. The molecular formula is C15H12BrF4N. The van der Waals surface area contributed by atoms with Gasteiger partial charge in [0.05, 0.1) is 5.56 Å². The Morgan fingerprint density at radius 1 is 0.952 bits per heavy atom. The Morgan fingerprint density at radius 2 is 1.62 bits per heavy atom. The van der Waals surface area contributed by atoms with Gasteiger partial charge in [-0.1, -0.05) is 34.1 Å². The lowest BCUT2D eigenvalue weighted by Crippen LogP contribution is -2.17. The van der Waals surface area contributed by atoms with Crippen molar-refractivity contribution in [3.05, 3.63) is 69.4 Å². The van der Waals surface area contributed by atoms with Crippen LogP contribution in [0.15, 0.2) is 46.9 Å². The van der Waals surface area contributed by atoms with Gasteiger partial charge in [0.1, 0.15) is 5.82 Å². The minimum atomic E-state index is -4.56. The molecule has 0 unspecified atom stereocenters. The van der Waals surface area contributed by atoms with Gasteiger partial charge >= 0.3 is 6.18 Å². The standard InChI is InChI=1S/C15H12BrF4N/c16-12-4-1-10(2-5-12)8-21-9-11-3-6-13(17)7-14(11)15(18,19)20/h1-7,21H,8-9H2. The van der Waals surface area contributed by atoms with Crippen LogP contribution in [0.5, 0.6) is 0 Å². The van der Waals surface area contributed by atoms with Crippen LogP contribution in [0.4, 0.5) is 17.6 Å². The Hall–Kier alpha value is -1.40. The highest BCUT2D eigenvalue weighted by Crippen LogP contribution is 2.32. The molecule has 0 spiro atoms. The molecule has 0 aliphatic rings. The highest BCUT2D eigenvalue weighted by Gasteiger charge is 2.33. The van der Waals surface area contributed by atoms with Gasteiger partial charge in [0.2, 0.25) is 0 Å². The fourth-order valence-corrected chi connectivity index (χ4v) is 2.17.